The lowest BCUT2D eigenvalue weighted by Gasteiger charge is -2.18. The molecule has 1 amide bonds. The number of carbonyl (C=O) groups is 3. The number of rotatable bonds is 10. The first-order chi connectivity index (χ1) is 13.9. The minimum absolute atomic E-state index is 0.123. The number of hydrogen-bond acceptors (Lipinski definition) is 7. The predicted octanol–water partition coefficient (Wildman–Crippen LogP) is 3.83. The summed E-state index contributed by atoms with van der Waals surface area (Å²) in [5, 5.41) is 10.5. The van der Waals surface area contributed by atoms with Crippen LogP contribution in [0, 0.1) is 0 Å². The first-order valence-electron chi connectivity index (χ1n) is 9.02. The maximum absolute atomic E-state index is 12.1. The molecule has 0 aliphatic rings. The molecule has 0 saturated heterocycles. The molecule has 2 aromatic rings. The highest BCUT2D eigenvalue weighted by molar-refractivity contribution is 6.07. The van der Waals surface area contributed by atoms with Crippen molar-refractivity contribution in [2.75, 3.05) is 11.9 Å². The molecule has 2 aromatic carbocycles. The Hall–Kier alpha value is -3.55. The van der Waals surface area contributed by atoms with Crippen molar-refractivity contribution in [3.05, 3.63) is 54.1 Å². The van der Waals surface area contributed by atoms with E-state index in [-0.39, 0.29) is 6.61 Å². The van der Waals surface area contributed by atoms with Crippen LogP contribution in [0.15, 0.2) is 58.8 Å². The number of carbonyl (C=O) groups excluding carboxylic acids is 3. The van der Waals surface area contributed by atoms with Gasteiger partial charge in [0.05, 0.1) is 18.0 Å². The SMILES string of the molecule is CCOC(=O)C(C)(N=Nc1ccc(OCc2ccccc2)c(NC=O)c1)C(C)=O. The molecule has 0 aliphatic carbocycles. The van der Waals surface area contributed by atoms with Gasteiger partial charge in [-0.05, 0) is 44.5 Å². The fraction of sp³-hybridized carbons (Fsp3) is 0.286. The highest BCUT2D eigenvalue weighted by atomic mass is 16.5. The van der Waals surface area contributed by atoms with Gasteiger partial charge in [-0.3, -0.25) is 9.59 Å². The number of esters is 1. The minimum Gasteiger partial charge on any atom is -0.487 e. The van der Waals surface area contributed by atoms with Gasteiger partial charge >= 0.3 is 5.97 Å². The van der Waals surface area contributed by atoms with Crippen LogP contribution in [0.1, 0.15) is 26.3 Å². The van der Waals surface area contributed by atoms with E-state index in [0.29, 0.717) is 30.1 Å². The van der Waals surface area contributed by atoms with Crippen molar-refractivity contribution in [2.45, 2.75) is 32.9 Å². The van der Waals surface area contributed by atoms with Gasteiger partial charge in [0.25, 0.3) is 0 Å². The second kappa shape index (κ2) is 10.1. The number of azo groups is 1. The van der Waals surface area contributed by atoms with Crippen LogP contribution < -0.4 is 10.1 Å². The maximum Gasteiger partial charge on any atom is 0.343 e. The molecule has 0 bridgehead atoms. The molecule has 1 unspecified atom stereocenters. The van der Waals surface area contributed by atoms with Crippen LogP contribution >= 0.6 is 0 Å². The minimum atomic E-state index is -1.74. The van der Waals surface area contributed by atoms with E-state index in [2.05, 4.69) is 15.5 Å². The third-order valence-corrected chi connectivity index (χ3v) is 4.14. The second-order valence-corrected chi connectivity index (χ2v) is 6.27. The maximum atomic E-state index is 12.1. The average molecular weight is 397 g/mol. The number of benzene rings is 2. The summed E-state index contributed by atoms with van der Waals surface area (Å²) in [5.41, 5.74) is -0.0530. The number of hydrogen-bond donors (Lipinski definition) is 1. The van der Waals surface area contributed by atoms with Crippen LogP contribution in [0.4, 0.5) is 11.4 Å². The van der Waals surface area contributed by atoms with Crippen LogP contribution in [-0.4, -0.2) is 30.3 Å². The van der Waals surface area contributed by atoms with E-state index in [1.807, 2.05) is 30.3 Å². The van der Waals surface area contributed by atoms with Crippen molar-refractivity contribution >= 4 is 29.5 Å². The van der Waals surface area contributed by atoms with Gasteiger partial charge in [-0.1, -0.05) is 30.3 Å². The van der Waals surface area contributed by atoms with Crippen molar-refractivity contribution in [1.82, 2.24) is 0 Å². The molecule has 0 heterocycles. The molecule has 0 aliphatic heterocycles. The Morgan fingerprint density at radius 3 is 2.52 bits per heavy atom. The average Bonchev–Trinajstić information content (AvgIpc) is 2.72. The monoisotopic (exact) mass is 397 g/mol. The number of amides is 1. The fourth-order valence-corrected chi connectivity index (χ4v) is 2.30. The van der Waals surface area contributed by atoms with Gasteiger partial charge in [0.2, 0.25) is 11.9 Å². The van der Waals surface area contributed by atoms with E-state index in [4.69, 9.17) is 9.47 Å². The van der Waals surface area contributed by atoms with Crippen LogP contribution in [0.25, 0.3) is 0 Å². The van der Waals surface area contributed by atoms with Gasteiger partial charge in [0.15, 0.2) is 5.78 Å². The molecule has 0 aromatic heterocycles. The Kier molecular flexibility index (Phi) is 7.59. The van der Waals surface area contributed by atoms with Gasteiger partial charge < -0.3 is 14.8 Å². The molecule has 2 rings (SSSR count). The molecule has 1 N–H and O–H groups in total. The van der Waals surface area contributed by atoms with Crippen molar-refractivity contribution < 1.29 is 23.9 Å². The first-order valence-corrected chi connectivity index (χ1v) is 9.02. The lowest BCUT2D eigenvalue weighted by molar-refractivity contribution is -0.152. The summed E-state index contributed by atoms with van der Waals surface area (Å²) in [6.07, 6.45) is 0.518. The van der Waals surface area contributed by atoms with Crippen LogP contribution in [0.5, 0.6) is 5.75 Å². The van der Waals surface area contributed by atoms with E-state index in [1.165, 1.54) is 19.9 Å². The normalized spacial score (nSPS) is 12.8. The van der Waals surface area contributed by atoms with Gasteiger partial charge in [-0.25, -0.2) is 4.79 Å². The zero-order chi connectivity index (χ0) is 21.3. The number of Topliss-reactive ketones (excluding diaryl/α,β-unsaturated/α-hetero) is 1. The Balaban J connectivity index is 2.23. The summed E-state index contributed by atoms with van der Waals surface area (Å²) in [4.78, 5) is 35.0. The molecule has 1 atom stereocenters. The molecule has 0 saturated carbocycles. The Morgan fingerprint density at radius 1 is 1.17 bits per heavy atom. The van der Waals surface area contributed by atoms with E-state index >= 15 is 0 Å². The summed E-state index contributed by atoms with van der Waals surface area (Å²) in [6, 6.07) is 14.3. The highest BCUT2D eigenvalue weighted by Crippen LogP contribution is 2.31. The number of nitrogens with one attached hydrogen (secondary N) is 1. The van der Waals surface area contributed by atoms with E-state index in [1.54, 1.807) is 19.1 Å². The largest absolute Gasteiger partial charge is 0.487 e. The molecular formula is C21H23N3O5. The number of nitrogens with zero attached hydrogens (tertiary/aromatic N) is 2. The smallest absolute Gasteiger partial charge is 0.343 e. The first kappa shape index (κ1) is 21.7. The molecule has 8 nitrogen and oxygen atoms in total. The summed E-state index contributed by atoms with van der Waals surface area (Å²) in [6.45, 7) is 4.67. The zero-order valence-corrected chi connectivity index (χ0v) is 16.5. The fourth-order valence-electron chi connectivity index (χ4n) is 2.30. The van der Waals surface area contributed by atoms with E-state index in [9.17, 15) is 14.4 Å². The molecule has 0 spiro atoms. The molecule has 152 valence electrons. The summed E-state index contributed by atoms with van der Waals surface area (Å²) in [5.74, 6) is -0.821. The highest BCUT2D eigenvalue weighted by Gasteiger charge is 2.40. The molecule has 0 radical (unpaired) electrons. The zero-order valence-electron chi connectivity index (χ0n) is 16.5. The van der Waals surface area contributed by atoms with Crippen molar-refractivity contribution in [2.24, 2.45) is 10.2 Å². The van der Waals surface area contributed by atoms with Crippen LogP contribution in [0.3, 0.4) is 0 Å². The van der Waals surface area contributed by atoms with Crippen molar-refractivity contribution in [3.8, 4) is 5.75 Å². The third kappa shape index (κ3) is 5.71. The lowest BCUT2D eigenvalue weighted by atomic mass is 9.99. The van der Waals surface area contributed by atoms with Crippen molar-refractivity contribution in [1.29, 1.82) is 0 Å². The topological polar surface area (TPSA) is 106 Å². The van der Waals surface area contributed by atoms with Crippen LogP contribution in [-0.2, 0) is 25.7 Å². The quantitative estimate of drug-likeness (QED) is 0.284. The number of anilines is 1. The number of ether oxygens (including phenoxy) is 2. The second-order valence-electron chi connectivity index (χ2n) is 6.27. The summed E-state index contributed by atoms with van der Waals surface area (Å²) < 4.78 is 10.7. The van der Waals surface area contributed by atoms with Gasteiger partial charge in [-0.2, -0.15) is 10.2 Å². The third-order valence-electron chi connectivity index (χ3n) is 4.14. The Morgan fingerprint density at radius 2 is 1.90 bits per heavy atom. The standard InChI is InChI=1S/C21H23N3O5/c1-4-28-20(27)21(3,15(2)26)24-23-17-10-11-19(18(12-17)22-14-25)29-13-16-8-6-5-7-9-16/h5-12,14H,4,13H2,1-3H3,(H,22,25). The summed E-state index contributed by atoms with van der Waals surface area (Å²) >= 11 is 0. The van der Waals surface area contributed by atoms with Crippen LogP contribution in [0.2, 0.25) is 0 Å². The number of ketones is 1. The Bertz CT molecular complexity index is 898. The predicted molar refractivity (Wildman–Crippen MR) is 107 cm³/mol. The molecule has 0 fully saturated rings. The van der Waals surface area contributed by atoms with Gasteiger partial charge in [-0.15, -0.1) is 0 Å². The lowest BCUT2D eigenvalue weighted by Crippen LogP contribution is -2.41. The van der Waals surface area contributed by atoms with Crippen molar-refractivity contribution in [3.63, 3.8) is 0 Å². The van der Waals surface area contributed by atoms with Gasteiger partial charge in [0, 0.05) is 0 Å². The Labute approximate surface area is 168 Å². The molecular weight excluding hydrogens is 374 g/mol. The van der Waals surface area contributed by atoms with Gasteiger partial charge in [0.1, 0.15) is 12.4 Å². The van der Waals surface area contributed by atoms with E-state index in [0.717, 1.165) is 5.56 Å². The molecule has 29 heavy (non-hydrogen) atoms. The summed E-state index contributed by atoms with van der Waals surface area (Å²) in [7, 11) is 0. The van der Waals surface area contributed by atoms with E-state index < -0.39 is 17.3 Å². The molecule has 8 heteroatoms.